The third-order valence-corrected chi connectivity index (χ3v) is 4.44. The molecule has 0 heterocycles. The maximum Gasteiger partial charge on any atom is 0.335 e. The van der Waals surface area contributed by atoms with Gasteiger partial charge in [0.25, 0.3) is 0 Å². The minimum absolute atomic E-state index is 0.291. The molecule has 20 heavy (non-hydrogen) atoms. The SMILES string of the molecule is CCCCC(C)NS(=O)(=O)c1ccc(C(=O)O)cc1F. The Morgan fingerprint density at radius 3 is 2.60 bits per heavy atom. The number of benzene rings is 1. The Morgan fingerprint density at radius 2 is 2.10 bits per heavy atom. The van der Waals surface area contributed by atoms with Gasteiger partial charge in [-0.15, -0.1) is 0 Å². The number of rotatable bonds is 7. The second kappa shape index (κ2) is 6.81. The van der Waals surface area contributed by atoms with Crippen molar-refractivity contribution < 1.29 is 22.7 Å². The molecular formula is C13H18FNO4S. The van der Waals surface area contributed by atoms with Gasteiger partial charge in [0, 0.05) is 6.04 Å². The molecular weight excluding hydrogens is 285 g/mol. The standard InChI is InChI=1S/C13H18FNO4S/c1-3-4-5-9(2)15-20(18,19)12-7-6-10(13(16)17)8-11(12)14/h6-9,15H,3-5H2,1-2H3,(H,16,17). The molecule has 0 aliphatic heterocycles. The molecule has 112 valence electrons. The Kier molecular flexibility index (Phi) is 5.64. The van der Waals surface area contributed by atoms with Gasteiger partial charge in [0.2, 0.25) is 10.0 Å². The molecule has 5 nitrogen and oxygen atoms in total. The van der Waals surface area contributed by atoms with Crippen molar-refractivity contribution in [1.82, 2.24) is 4.72 Å². The summed E-state index contributed by atoms with van der Waals surface area (Å²) in [7, 11) is -3.98. The van der Waals surface area contributed by atoms with Crippen LogP contribution in [-0.4, -0.2) is 25.5 Å². The molecule has 0 fully saturated rings. The van der Waals surface area contributed by atoms with Crippen molar-refractivity contribution in [1.29, 1.82) is 0 Å². The summed E-state index contributed by atoms with van der Waals surface area (Å²) < 4.78 is 40.1. The number of carboxylic acids is 1. The van der Waals surface area contributed by atoms with Gasteiger partial charge < -0.3 is 5.11 Å². The number of carboxylic acid groups (broad SMARTS) is 1. The molecule has 1 unspecified atom stereocenters. The predicted octanol–water partition coefficient (Wildman–Crippen LogP) is 2.38. The van der Waals surface area contributed by atoms with E-state index >= 15 is 0 Å². The third kappa shape index (κ3) is 4.28. The first-order valence-corrected chi connectivity index (χ1v) is 7.81. The summed E-state index contributed by atoms with van der Waals surface area (Å²) in [5.74, 6) is -2.38. The van der Waals surface area contributed by atoms with Crippen molar-refractivity contribution in [2.24, 2.45) is 0 Å². The fourth-order valence-electron chi connectivity index (χ4n) is 1.75. The molecule has 0 spiro atoms. The monoisotopic (exact) mass is 303 g/mol. The van der Waals surface area contributed by atoms with Crippen molar-refractivity contribution in [3.8, 4) is 0 Å². The summed E-state index contributed by atoms with van der Waals surface area (Å²) in [6.45, 7) is 3.70. The summed E-state index contributed by atoms with van der Waals surface area (Å²) in [6.07, 6.45) is 2.46. The van der Waals surface area contributed by atoms with Crippen LogP contribution in [-0.2, 0) is 10.0 Å². The Morgan fingerprint density at radius 1 is 1.45 bits per heavy atom. The fourth-order valence-corrected chi connectivity index (χ4v) is 3.09. The highest BCUT2D eigenvalue weighted by Crippen LogP contribution is 2.17. The molecule has 7 heteroatoms. The van der Waals surface area contributed by atoms with Crippen LogP contribution in [0, 0.1) is 5.82 Å². The molecule has 0 saturated heterocycles. The Balaban J connectivity index is 2.95. The summed E-state index contributed by atoms with van der Waals surface area (Å²) in [6, 6.07) is 2.43. The van der Waals surface area contributed by atoms with E-state index in [0.29, 0.717) is 12.5 Å². The van der Waals surface area contributed by atoms with Crippen LogP contribution >= 0.6 is 0 Å². The van der Waals surface area contributed by atoms with E-state index in [2.05, 4.69) is 4.72 Å². The van der Waals surface area contributed by atoms with E-state index in [-0.39, 0.29) is 11.6 Å². The van der Waals surface area contributed by atoms with Crippen LogP contribution in [0.5, 0.6) is 0 Å². The highest BCUT2D eigenvalue weighted by molar-refractivity contribution is 7.89. The zero-order valence-electron chi connectivity index (χ0n) is 11.4. The lowest BCUT2D eigenvalue weighted by atomic mass is 10.2. The summed E-state index contributed by atoms with van der Waals surface area (Å²) in [5, 5.41) is 8.71. The van der Waals surface area contributed by atoms with Gasteiger partial charge >= 0.3 is 5.97 Å². The maximum absolute atomic E-state index is 13.7. The summed E-state index contributed by atoms with van der Waals surface area (Å²) in [4.78, 5) is 10.1. The molecule has 0 saturated carbocycles. The van der Waals surface area contributed by atoms with E-state index in [9.17, 15) is 17.6 Å². The minimum Gasteiger partial charge on any atom is -0.478 e. The normalized spacial score (nSPS) is 13.2. The summed E-state index contributed by atoms with van der Waals surface area (Å²) in [5.41, 5.74) is -0.291. The average Bonchev–Trinajstić information content (AvgIpc) is 2.35. The lowest BCUT2D eigenvalue weighted by Crippen LogP contribution is -2.33. The molecule has 0 aliphatic carbocycles. The molecule has 1 atom stereocenters. The van der Waals surface area contributed by atoms with Gasteiger partial charge in [-0.1, -0.05) is 19.8 Å². The lowest BCUT2D eigenvalue weighted by molar-refractivity contribution is 0.0696. The van der Waals surface area contributed by atoms with Crippen molar-refractivity contribution in [3.63, 3.8) is 0 Å². The summed E-state index contributed by atoms with van der Waals surface area (Å²) >= 11 is 0. The second-order valence-electron chi connectivity index (χ2n) is 4.61. The first-order valence-electron chi connectivity index (χ1n) is 6.33. The van der Waals surface area contributed by atoms with Crippen molar-refractivity contribution in [3.05, 3.63) is 29.6 Å². The Labute approximate surface area is 117 Å². The number of aromatic carboxylic acids is 1. The lowest BCUT2D eigenvalue weighted by Gasteiger charge is -2.14. The third-order valence-electron chi connectivity index (χ3n) is 2.82. The van der Waals surface area contributed by atoms with Crippen LogP contribution in [0.2, 0.25) is 0 Å². The van der Waals surface area contributed by atoms with Crippen LogP contribution in [0.3, 0.4) is 0 Å². The number of nitrogens with one attached hydrogen (secondary N) is 1. The number of hydrogen-bond donors (Lipinski definition) is 2. The van der Waals surface area contributed by atoms with E-state index in [4.69, 9.17) is 5.11 Å². The van der Waals surface area contributed by atoms with Crippen molar-refractivity contribution in [2.75, 3.05) is 0 Å². The Hall–Kier alpha value is -1.47. The smallest absolute Gasteiger partial charge is 0.335 e. The highest BCUT2D eigenvalue weighted by Gasteiger charge is 2.22. The molecule has 0 amide bonds. The van der Waals surface area contributed by atoms with Crippen LogP contribution in [0.4, 0.5) is 4.39 Å². The maximum atomic E-state index is 13.7. The molecule has 0 radical (unpaired) electrons. The molecule has 0 aliphatic rings. The molecule has 0 bridgehead atoms. The van der Waals surface area contributed by atoms with Crippen molar-refractivity contribution >= 4 is 16.0 Å². The highest BCUT2D eigenvalue weighted by atomic mass is 32.2. The molecule has 1 aromatic rings. The van der Waals surface area contributed by atoms with Crippen LogP contribution in [0.25, 0.3) is 0 Å². The quantitative estimate of drug-likeness (QED) is 0.810. The molecule has 2 N–H and O–H groups in total. The predicted molar refractivity (Wildman–Crippen MR) is 72.7 cm³/mol. The van der Waals surface area contributed by atoms with Gasteiger partial charge in [-0.3, -0.25) is 0 Å². The Bertz CT molecular complexity index is 586. The van der Waals surface area contributed by atoms with Crippen LogP contribution in [0.1, 0.15) is 43.5 Å². The van der Waals surface area contributed by atoms with Gasteiger partial charge in [-0.05, 0) is 31.5 Å². The van der Waals surface area contributed by atoms with Gasteiger partial charge in [0.05, 0.1) is 5.56 Å². The number of halogens is 1. The van der Waals surface area contributed by atoms with Gasteiger partial charge in [-0.2, -0.15) is 0 Å². The van der Waals surface area contributed by atoms with E-state index in [1.54, 1.807) is 6.92 Å². The average molecular weight is 303 g/mol. The van der Waals surface area contributed by atoms with Crippen LogP contribution < -0.4 is 4.72 Å². The van der Waals surface area contributed by atoms with E-state index in [0.717, 1.165) is 25.0 Å². The molecule has 1 rings (SSSR count). The van der Waals surface area contributed by atoms with Gasteiger partial charge in [0.1, 0.15) is 10.7 Å². The molecule has 1 aromatic carbocycles. The van der Waals surface area contributed by atoms with Crippen molar-refractivity contribution in [2.45, 2.75) is 44.0 Å². The van der Waals surface area contributed by atoms with E-state index < -0.39 is 26.7 Å². The largest absolute Gasteiger partial charge is 0.478 e. The number of sulfonamides is 1. The molecule has 0 aromatic heterocycles. The van der Waals surface area contributed by atoms with Gasteiger partial charge in [-0.25, -0.2) is 22.3 Å². The number of carbonyl (C=O) groups is 1. The first-order chi connectivity index (χ1) is 9.27. The zero-order valence-corrected chi connectivity index (χ0v) is 12.2. The number of hydrogen-bond acceptors (Lipinski definition) is 3. The zero-order chi connectivity index (χ0) is 15.3. The number of unbranched alkanes of at least 4 members (excludes halogenated alkanes) is 1. The fraction of sp³-hybridized carbons (Fsp3) is 0.462. The van der Waals surface area contributed by atoms with Gasteiger partial charge in [0.15, 0.2) is 0 Å². The second-order valence-corrected chi connectivity index (χ2v) is 6.30. The topological polar surface area (TPSA) is 83.5 Å². The van der Waals surface area contributed by atoms with E-state index in [1.807, 2.05) is 6.92 Å². The van der Waals surface area contributed by atoms with Crippen LogP contribution in [0.15, 0.2) is 23.1 Å². The first kappa shape index (κ1) is 16.6. The van der Waals surface area contributed by atoms with E-state index in [1.165, 1.54) is 0 Å². The minimum atomic E-state index is -3.98.